The second-order valence-electron chi connectivity index (χ2n) is 4.10. The first-order chi connectivity index (χ1) is 7.29. The van der Waals surface area contributed by atoms with Crippen molar-refractivity contribution in [1.82, 2.24) is 9.55 Å². The Morgan fingerprint density at radius 1 is 1.47 bits per heavy atom. The maximum absolute atomic E-state index is 8.91. The van der Waals surface area contributed by atoms with Gasteiger partial charge in [0.15, 0.2) is 0 Å². The van der Waals surface area contributed by atoms with Crippen LogP contribution in [0.25, 0.3) is 0 Å². The van der Waals surface area contributed by atoms with Crippen molar-refractivity contribution in [2.75, 3.05) is 6.61 Å². The highest BCUT2D eigenvalue weighted by atomic mass is 16.3. The minimum Gasteiger partial charge on any atom is -0.395 e. The van der Waals surface area contributed by atoms with Gasteiger partial charge in [0, 0.05) is 24.9 Å². The van der Waals surface area contributed by atoms with E-state index in [1.807, 2.05) is 12.4 Å². The normalized spacial score (nSPS) is 13.0. The van der Waals surface area contributed by atoms with Crippen molar-refractivity contribution in [3.8, 4) is 0 Å². The minimum absolute atomic E-state index is 0.186. The van der Waals surface area contributed by atoms with Gasteiger partial charge in [-0.15, -0.1) is 0 Å². The Kier molecular flexibility index (Phi) is 5.40. The molecule has 1 heterocycles. The highest BCUT2D eigenvalue weighted by Crippen LogP contribution is 2.20. The number of aliphatic hydroxyl groups excluding tert-OH is 1. The predicted molar refractivity (Wildman–Crippen MR) is 61.9 cm³/mol. The second kappa shape index (κ2) is 6.62. The van der Waals surface area contributed by atoms with Crippen LogP contribution in [0.4, 0.5) is 0 Å². The molecule has 1 rings (SSSR count). The van der Waals surface area contributed by atoms with Crippen LogP contribution in [-0.2, 0) is 6.54 Å². The number of aromatic nitrogens is 2. The Morgan fingerprint density at radius 2 is 2.27 bits per heavy atom. The molecular weight excluding hydrogens is 188 g/mol. The molecule has 0 bridgehead atoms. The van der Waals surface area contributed by atoms with Crippen LogP contribution >= 0.6 is 0 Å². The third-order valence-electron chi connectivity index (χ3n) is 2.77. The number of nitrogens with zero attached hydrogens (tertiary/aromatic N) is 2. The Labute approximate surface area is 92.1 Å². The fourth-order valence-corrected chi connectivity index (χ4v) is 1.88. The molecule has 0 radical (unpaired) electrons. The molecule has 0 aliphatic rings. The number of unbranched alkanes of at least 4 members (excludes halogenated alkanes) is 2. The SMILES string of the molecule is CCCCCC(C)c1nccn1CCO. The molecule has 3 heteroatoms. The van der Waals surface area contributed by atoms with Crippen molar-refractivity contribution < 1.29 is 5.11 Å². The van der Waals surface area contributed by atoms with Crippen molar-refractivity contribution in [1.29, 1.82) is 0 Å². The molecule has 1 atom stereocenters. The van der Waals surface area contributed by atoms with Gasteiger partial charge < -0.3 is 9.67 Å². The van der Waals surface area contributed by atoms with E-state index in [0.29, 0.717) is 12.5 Å². The van der Waals surface area contributed by atoms with Gasteiger partial charge in [-0.05, 0) is 6.42 Å². The van der Waals surface area contributed by atoms with Crippen molar-refractivity contribution in [2.24, 2.45) is 0 Å². The van der Waals surface area contributed by atoms with Gasteiger partial charge in [-0.1, -0.05) is 33.1 Å². The molecule has 0 saturated carbocycles. The summed E-state index contributed by atoms with van der Waals surface area (Å²) >= 11 is 0. The van der Waals surface area contributed by atoms with Crippen LogP contribution in [0, 0.1) is 0 Å². The topological polar surface area (TPSA) is 38.0 Å². The third-order valence-corrected chi connectivity index (χ3v) is 2.77. The van der Waals surface area contributed by atoms with E-state index in [0.717, 1.165) is 5.82 Å². The fourth-order valence-electron chi connectivity index (χ4n) is 1.88. The summed E-state index contributed by atoms with van der Waals surface area (Å²) in [5.74, 6) is 1.61. The van der Waals surface area contributed by atoms with E-state index in [1.165, 1.54) is 25.7 Å². The van der Waals surface area contributed by atoms with Crippen molar-refractivity contribution >= 4 is 0 Å². The van der Waals surface area contributed by atoms with Crippen LogP contribution in [0.2, 0.25) is 0 Å². The first-order valence-electron chi connectivity index (χ1n) is 5.91. The first kappa shape index (κ1) is 12.2. The van der Waals surface area contributed by atoms with Crippen molar-refractivity contribution in [3.05, 3.63) is 18.2 Å². The average Bonchev–Trinajstić information content (AvgIpc) is 2.67. The summed E-state index contributed by atoms with van der Waals surface area (Å²) in [6, 6.07) is 0. The second-order valence-corrected chi connectivity index (χ2v) is 4.10. The lowest BCUT2D eigenvalue weighted by Crippen LogP contribution is -2.09. The fraction of sp³-hybridized carbons (Fsp3) is 0.750. The maximum atomic E-state index is 8.91. The summed E-state index contributed by atoms with van der Waals surface area (Å²) in [6.07, 6.45) is 8.78. The lowest BCUT2D eigenvalue weighted by molar-refractivity contribution is 0.273. The molecule has 0 amide bonds. The van der Waals surface area contributed by atoms with Crippen LogP contribution in [0.3, 0.4) is 0 Å². The van der Waals surface area contributed by atoms with Crippen LogP contribution in [0.1, 0.15) is 51.3 Å². The number of imidazole rings is 1. The summed E-state index contributed by atoms with van der Waals surface area (Å²) in [5.41, 5.74) is 0. The standard InChI is InChI=1S/C12H22N2O/c1-3-4-5-6-11(2)12-13-7-8-14(12)9-10-15/h7-8,11,15H,3-6,9-10H2,1-2H3. The zero-order chi connectivity index (χ0) is 11.1. The van der Waals surface area contributed by atoms with Gasteiger partial charge in [-0.2, -0.15) is 0 Å². The summed E-state index contributed by atoms with van der Waals surface area (Å²) in [4.78, 5) is 4.37. The highest BCUT2D eigenvalue weighted by Gasteiger charge is 2.10. The van der Waals surface area contributed by atoms with Gasteiger partial charge in [0.25, 0.3) is 0 Å². The van der Waals surface area contributed by atoms with Gasteiger partial charge in [-0.25, -0.2) is 4.98 Å². The number of rotatable bonds is 7. The molecule has 1 N–H and O–H groups in total. The molecule has 0 aromatic carbocycles. The molecule has 1 unspecified atom stereocenters. The molecule has 15 heavy (non-hydrogen) atoms. The lowest BCUT2D eigenvalue weighted by Gasteiger charge is -2.12. The molecule has 3 nitrogen and oxygen atoms in total. The quantitative estimate of drug-likeness (QED) is 0.702. The van der Waals surface area contributed by atoms with Gasteiger partial charge in [-0.3, -0.25) is 0 Å². The summed E-state index contributed by atoms with van der Waals surface area (Å²) < 4.78 is 2.05. The maximum Gasteiger partial charge on any atom is 0.111 e. The van der Waals surface area contributed by atoms with E-state index in [-0.39, 0.29) is 6.61 Å². The van der Waals surface area contributed by atoms with Crippen LogP contribution < -0.4 is 0 Å². The van der Waals surface area contributed by atoms with E-state index in [9.17, 15) is 0 Å². The van der Waals surface area contributed by atoms with Gasteiger partial charge in [0.1, 0.15) is 5.82 Å². The third kappa shape index (κ3) is 3.67. The molecule has 0 spiro atoms. The summed E-state index contributed by atoms with van der Waals surface area (Å²) in [6.45, 7) is 5.28. The molecule has 0 saturated heterocycles. The largest absolute Gasteiger partial charge is 0.395 e. The van der Waals surface area contributed by atoms with Crippen LogP contribution in [0.15, 0.2) is 12.4 Å². The zero-order valence-corrected chi connectivity index (χ0v) is 9.82. The van der Waals surface area contributed by atoms with E-state index in [2.05, 4.69) is 23.4 Å². The van der Waals surface area contributed by atoms with E-state index in [1.54, 1.807) is 0 Å². The van der Waals surface area contributed by atoms with Crippen molar-refractivity contribution in [2.45, 2.75) is 52.0 Å². The first-order valence-corrected chi connectivity index (χ1v) is 5.91. The van der Waals surface area contributed by atoms with Crippen molar-refractivity contribution in [3.63, 3.8) is 0 Å². The summed E-state index contributed by atoms with van der Waals surface area (Å²) in [7, 11) is 0. The Hall–Kier alpha value is -0.830. The van der Waals surface area contributed by atoms with E-state index >= 15 is 0 Å². The van der Waals surface area contributed by atoms with Gasteiger partial charge in [0.2, 0.25) is 0 Å². The minimum atomic E-state index is 0.186. The molecule has 1 aromatic heterocycles. The monoisotopic (exact) mass is 210 g/mol. The molecule has 86 valence electrons. The molecule has 0 aliphatic carbocycles. The van der Waals surface area contributed by atoms with Crippen LogP contribution in [-0.4, -0.2) is 21.3 Å². The highest BCUT2D eigenvalue weighted by molar-refractivity contribution is 4.98. The predicted octanol–water partition coefficient (Wildman–Crippen LogP) is 2.56. The molecule has 0 aliphatic heterocycles. The Morgan fingerprint density at radius 3 is 2.93 bits per heavy atom. The molecule has 1 aromatic rings. The number of hydrogen-bond donors (Lipinski definition) is 1. The zero-order valence-electron chi connectivity index (χ0n) is 9.82. The van der Waals surface area contributed by atoms with Gasteiger partial charge >= 0.3 is 0 Å². The smallest absolute Gasteiger partial charge is 0.111 e. The summed E-state index contributed by atoms with van der Waals surface area (Å²) in [5, 5.41) is 8.91. The molecular formula is C12H22N2O. The van der Waals surface area contributed by atoms with Crippen LogP contribution in [0.5, 0.6) is 0 Å². The number of aliphatic hydroxyl groups is 1. The lowest BCUT2D eigenvalue weighted by atomic mass is 10.0. The van der Waals surface area contributed by atoms with E-state index < -0.39 is 0 Å². The Bertz CT molecular complexity index is 270. The molecule has 0 fully saturated rings. The average molecular weight is 210 g/mol. The van der Waals surface area contributed by atoms with Gasteiger partial charge in [0.05, 0.1) is 6.61 Å². The van der Waals surface area contributed by atoms with E-state index in [4.69, 9.17) is 5.11 Å². The number of hydrogen-bond acceptors (Lipinski definition) is 2. The Balaban J connectivity index is 2.48.